The number of carbonyl (C=O) groups is 1. The number of nitrogens with one attached hydrogen (secondary N) is 1. The predicted molar refractivity (Wildman–Crippen MR) is 113 cm³/mol. The fourth-order valence-corrected chi connectivity index (χ4v) is 3.87. The molecule has 0 aliphatic heterocycles. The lowest BCUT2D eigenvalue weighted by Gasteiger charge is -2.17. The third-order valence-corrected chi connectivity index (χ3v) is 5.76. The number of benzene rings is 1. The van der Waals surface area contributed by atoms with Crippen LogP contribution in [0, 0.1) is 0 Å². The molecule has 1 saturated carbocycles. The maximum absolute atomic E-state index is 13.1. The summed E-state index contributed by atoms with van der Waals surface area (Å²) >= 11 is 7.38. The maximum Gasteiger partial charge on any atom is 0.262 e. The molecule has 1 aromatic carbocycles. The summed E-state index contributed by atoms with van der Waals surface area (Å²) in [6, 6.07) is 5.38. The Bertz CT molecular complexity index is 911. The number of thioether (sulfide) groups is 1. The minimum Gasteiger partial charge on any atom is -0.379 e. The molecular formula is C20H26ClN3O3S. The molecule has 1 aliphatic carbocycles. The topological polar surface area (TPSA) is 73.2 Å². The van der Waals surface area contributed by atoms with Crippen molar-refractivity contribution in [2.24, 2.45) is 0 Å². The van der Waals surface area contributed by atoms with Crippen molar-refractivity contribution in [3.05, 3.63) is 33.6 Å². The Morgan fingerprint density at radius 1 is 1.39 bits per heavy atom. The summed E-state index contributed by atoms with van der Waals surface area (Å²) < 4.78 is 7.24. The van der Waals surface area contributed by atoms with E-state index in [1.165, 1.54) is 11.8 Å². The third-order valence-electron chi connectivity index (χ3n) is 4.43. The molecule has 0 bridgehead atoms. The number of carbonyl (C=O) groups excluding carboxylic acids is 1. The summed E-state index contributed by atoms with van der Waals surface area (Å²) in [5, 5.41) is 4.24. The van der Waals surface area contributed by atoms with Gasteiger partial charge in [-0.15, -0.1) is 0 Å². The number of hydrogen-bond acceptors (Lipinski definition) is 5. The number of halogens is 1. The molecule has 1 fully saturated rings. The third kappa shape index (κ3) is 5.49. The molecule has 28 heavy (non-hydrogen) atoms. The second kappa shape index (κ2) is 9.29. The van der Waals surface area contributed by atoms with Crippen molar-refractivity contribution in [3.8, 4) is 0 Å². The van der Waals surface area contributed by atoms with E-state index < -0.39 is 0 Å². The largest absolute Gasteiger partial charge is 0.379 e. The van der Waals surface area contributed by atoms with Crippen molar-refractivity contribution in [1.82, 2.24) is 14.9 Å². The van der Waals surface area contributed by atoms with E-state index in [4.69, 9.17) is 16.3 Å². The highest BCUT2D eigenvalue weighted by atomic mass is 35.5. The Morgan fingerprint density at radius 3 is 2.82 bits per heavy atom. The molecule has 8 heteroatoms. The van der Waals surface area contributed by atoms with E-state index in [0.717, 1.165) is 12.8 Å². The lowest BCUT2D eigenvalue weighted by Crippen LogP contribution is -2.33. The summed E-state index contributed by atoms with van der Waals surface area (Å²) in [7, 11) is 0. The molecule has 6 nitrogen and oxygen atoms in total. The van der Waals surface area contributed by atoms with Gasteiger partial charge in [0.1, 0.15) is 0 Å². The minimum absolute atomic E-state index is 0.0253. The van der Waals surface area contributed by atoms with Gasteiger partial charge in [-0.25, -0.2) is 4.98 Å². The fourth-order valence-electron chi connectivity index (χ4n) is 2.76. The van der Waals surface area contributed by atoms with Crippen LogP contribution >= 0.6 is 23.4 Å². The van der Waals surface area contributed by atoms with Gasteiger partial charge in [-0.1, -0.05) is 23.4 Å². The zero-order valence-corrected chi connectivity index (χ0v) is 18.0. The SMILES string of the molecule is CC(C)OCCCn1c(S[C@@H](C)C(=O)NC2CC2)nc2cc(Cl)ccc2c1=O. The van der Waals surface area contributed by atoms with E-state index in [1.807, 2.05) is 20.8 Å². The Balaban J connectivity index is 1.86. The van der Waals surface area contributed by atoms with Crippen molar-refractivity contribution in [2.45, 2.75) is 69.1 Å². The van der Waals surface area contributed by atoms with E-state index in [9.17, 15) is 9.59 Å². The lowest BCUT2D eigenvalue weighted by atomic mass is 10.2. The molecule has 3 rings (SSSR count). The second-order valence-corrected chi connectivity index (χ2v) is 9.07. The molecule has 1 N–H and O–H groups in total. The van der Waals surface area contributed by atoms with Crippen LogP contribution < -0.4 is 10.9 Å². The van der Waals surface area contributed by atoms with Crippen molar-refractivity contribution in [1.29, 1.82) is 0 Å². The normalized spacial score (nSPS) is 15.2. The van der Waals surface area contributed by atoms with E-state index >= 15 is 0 Å². The summed E-state index contributed by atoms with van der Waals surface area (Å²) in [6.07, 6.45) is 2.91. The summed E-state index contributed by atoms with van der Waals surface area (Å²) in [6.45, 7) is 6.84. The van der Waals surface area contributed by atoms with Gasteiger partial charge in [0.05, 0.1) is 22.3 Å². The number of amides is 1. The molecular weight excluding hydrogens is 398 g/mol. The fraction of sp³-hybridized carbons (Fsp3) is 0.550. The standard InChI is InChI=1S/C20H26ClN3O3S/c1-12(2)27-10-4-9-24-19(26)16-8-5-14(21)11-17(16)23-20(24)28-13(3)18(25)22-15-6-7-15/h5,8,11-13,15H,4,6-7,9-10H2,1-3H3,(H,22,25)/t13-/m0/s1. The van der Waals surface area contributed by atoms with Crippen molar-refractivity contribution in [2.75, 3.05) is 6.61 Å². The van der Waals surface area contributed by atoms with Crippen LogP contribution in [0.3, 0.4) is 0 Å². The lowest BCUT2D eigenvalue weighted by molar-refractivity contribution is -0.120. The summed E-state index contributed by atoms with van der Waals surface area (Å²) in [5.74, 6) is -0.0253. The molecule has 1 amide bonds. The molecule has 1 atom stereocenters. The van der Waals surface area contributed by atoms with Crippen LogP contribution in [0.4, 0.5) is 0 Å². The number of nitrogens with zero attached hydrogens (tertiary/aromatic N) is 2. The monoisotopic (exact) mass is 423 g/mol. The molecule has 0 spiro atoms. The molecule has 1 aromatic heterocycles. The Hall–Kier alpha value is -1.57. The van der Waals surface area contributed by atoms with Crippen molar-refractivity contribution in [3.63, 3.8) is 0 Å². The molecule has 0 radical (unpaired) electrons. The molecule has 0 unspecified atom stereocenters. The first-order valence-electron chi connectivity index (χ1n) is 9.64. The molecule has 1 heterocycles. The average molecular weight is 424 g/mol. The van der Waals surface area contributed by atoms with Gasteiger partial charge in [0.25, 0.3) is 5.56 Å². The van der Waals surface area contributed by atoms with E-state index in [2.05, 4.69) is 10.3 Å². The Labute approximate surface area is 174 Å². The zero-order valence-electron chi connectivity index (χ0n) is 16.4. The van der Waals surface area contributed by atoms with Crippen LogP contribution in [0.1, 0.15) is 40.0 Å². The molecule has 2 aromatic rings. The minimum atomic E-state index is -0.345. The first kappa shape index (κ1) is 21.1. The molecule has 0 saturated heterocycles. The number of fused-ring (bicyclic) bond motifs is 1. The van der Waals surface area contributed by atoms with Gasteiger partial charge in [0, 0.05) is 24.2 Å². The highest BCUT2D eigenvalue weighted by Crippen LogP contribution is 2.26. The number of hydrogen-bond donors (Lipinski definition) is 1. The second-order valence-electron chi connectivity index (χ2n) is 7.33. The van der Waals surface area contributed by atoms with Crippen molar-refractivity contribution < 1.29 is 9.53 Å². The Morgan fingerprint density at radius 2 is 2.14 bits per heavy atom. The average Bonchev–Trinajstić information content (AvgIpc) is 3.44. The van der Waals surface area contributed by atoms with Crippen LogP contribution in [0.2, 0.25) is 5.02 Å². The highest BCUT2D eigenvalue weighted by Gasteiger charge is 2.27. The maximum atomic E-state index is 13.1. The van der Waals surface area contributed by atoms with Crippen molar-refractivity contribution >= 4 is 40.2 Å². The smallest absolute Gasteiger partial charge is 0.262 e. The van der Waals surface area contributed by atoms with Crippen LogP contribution in [-0.2, 0) is 16.1 Å². The number of ether oxygens (including phenoxy) is 1. The van der Waals surface area contributed by atoms with E-state index in [-0.39, 0.29) is 22.8 Å². The molecule has 1 aliphatic rings. The van der Waals surface area contributed by atoms with E-state index in [1.54, 1.807) is 22.8 Å². The first-order chi connectivity index (χ1) is 13.3. The van der Waals surface area contributed by atoms with Gasteiger partial charge in [-0.3, -0.25) is 14.2 Å². The zero-order chi connectivity index (χ0) is 20.3. The van der Waals surface area contributed by atoms with Crippen LogP contribution in [0.5, 0.6) is 0 Å². The van der Waals surface area contributed by atoms with Gasteiger partial charge in [0.2, 0.25) is 5.91 Å². The summed E-state index contributed by atoms with van der Waals surface area (Å²) in [5.41, 5.74) is 0.424. The highest BCUT2D eigenvalue weighted by molar-refractivity contribution is 8.00. The van der Waals surface area contributed by atoms with Gasteiger partial charge in [-0.2, -0.15) is 0 Å². The first-order valence-corrected chi connectivity index (χ1v) is 10.9. The van der Waals surface area contributed by atoms with Gasteiger partial charge in [0.15, 0.2) is 5.16 Å². The van der Waals surface area contributed by atoms with Crippen LogP contribution in [-0.4, -0.2) is 39.5 Å². The summed E-state index contributed by atoms with van der Waals surface area (Å²) in [4.78, 5) is 30.1. The number of rotatable bonds is 9. The van der Waals surface area contributed by atoms with Crippen LogP contribution in [0.25, 0.3) is 10.9 Å². The Kier molecular flexibility index (Phi) is 7.01. The van der Waals surface area contributed by atoms with E-state index in [0.29, 0.717) is 46.7 Å². The quantitative estimate of drug-likeness (QED) is 0.379. The van der Waals surface area contributed by atoms with Gasteiger partial charge in [-0.05, 0) is 58.2 Å². The van der Waals surface area contributed by atoms with Gasteiger partial charge < -0.3 is 10.1 Å². The predicted octanol–water partition coefficient (Wildman–Crippen LogP) is 3.62. The van der Waals surface area contributed by atoms with Crippen LogP contribution in [0.15, 0.2) is 28.2 Å². The van der Waals surface area contributed by atoms with Gasteiger partial charge >= 0.3 is 0 Å². The number of aromatic nitrogens is 2. The molecule has 152 valence electrons.